The lowest BCUT2D eigenvalue weighted by Crippen LogP contribution is -2.42. The van der Waals surface area contributed by atoms with Crippen molar-refractivity contribution in [2.75, 3.05) is 26.3 Å². The third-order valence-electron chi connectivity index (χ3n) is 3.79. The van der Waals surface area contributed by atoms with Crippen LogP contribution >= 0.6 is 11.6 Å². The fourth-order valence-electron chi connectivity index (χ4n) is 2.58. The molecule has 1 saturated heterocycles. The van der Waals surface area contributed by atoms with Crippen LogP contribution in [0.2, 0.25) is 5.02 Å². The number of nitrogens with zero attached hydrogens (tertiary/aromatic N) is 3. The van der Waals surface area contributed by atoms with Gasteiger partial charge in [-0.1, -0.05) is 11.6 Å². The zero-order valence-electron chi connectivity index (χ0n) is 10.8. The van der Waals surface area contributed by atoms with Crippen LogP contribution in [0.1, 0.15) is 24.8 Å². The molecule has 0 spiro atoms. The molecule has 19 heavy (non-hydrogen) atoms. The van der Waals surface area contributed by atoms with Crippen LogP contribution in [0.3, 0.4) is 0 Å². The van der Waals surface area contributed by atoms with Gasteiger partial charge in [-0.3, -0.25) is 9.37 Å². The largest absolute Gasteiger partial charge is 0.303 e. The molecule has 102 valence electrons. The van der Waals surface area contributed by atoms with E-state index in [-0.39, 0.29) is 6.67 Å². The molecule has 0 aliphatic carbocycles. The molecule has 0 aromatic carbocycles. The number of rotatable bonds is 4. The van der Waals surface area contributed by atoms with E-state index in [0.29, 0.717) is 11.4 Å². The molecule has 0 atom stereocenters. The van der Waals surface area contributed by atoms with E-state index in [1.807, 2.05) is 6.07 Å². The van der Waals surface area contributed by atoms with Crippen molar-refractivity contribution in [2.24, 2.45) is 0 Å². The highest BCUT2D eigenvalue weighted by Crippen LogP contribution is 2.35. The van der Waals surface area contributed by atoms with Crippen molar-refractivity contribution in [2.45, 2.75) is 24.7 Å². The van der Waals surface area contributed by atoms with Gasteiger partial charge in [0.15, 0.2) is 0 Å². The van der Waals surface area contributed by atoms with Gasteiger partial charge in [-0.15, -0.1) is 0 Å². The van der Waals surface area contributed by atoms with E-state index >= 15 is 0 Å². The number of alkyl halides is 1. The number of hydrogen-bond donors (Lipinski definition) is 0. The average Bonchev–Trinajstić information content (AvgIpc) is 2.46. The van der Waals surface area contributed by atoms with Crippen molar-refractivity contribution < 1.29 is 4.39 Å². The van der Waals surface area contributed by atoms with Crippen molar-refractivity contribution in [3.63, 3.8) is 0 Å². The maximum Gasteiger partial charge on any atom is 0.0906 e. The van der Waals surface area contributed by atoms with Crippen molar-refractivity contribution >= 4 is 11.6 Å². The summed E-state index contributed by atoms with van der Waals surface area (Å²) in [7, 11) is 0. The second-order valence-corrected chi connectivity index (χ2v) is 5.41. The lowest BCUT2D eigenvalue weighted by atomic mass is 9.74. The average molecular weight is 282 g/mol. The summed E-state index contributed by atoms with van der Waals surface area (Å²) in [5.74, 6) is 0. The summed E-state index contributed by atoms with van der Waals surface area (Å²) >= 11 is 5.96. The molecule has 2 rings (SSSR count). The minimum absolute atomic E-state index is 0.280. The summed E-state index contributed by atoms with van der Waals surface area (Å²) in [6.45, 7) is 2.13. The highest BCUT2D eigenvalue weighted by molar-refractivity contribution is 6.30. The van der Waals surface area contributed by atoms with Crippen LogP contribution in [-0.4, -0.2) is 36.2 Å². The zero-order chi connectivity index (χ0) is 13.7. The maximum atomic E-state index is 12.2. The number of nitriles is 1. The normalized spacial score (nSPS) is 19.0. The predicted molar refractivity (Wildman–Crippen MR) is 72.8 cm³/mol. The molecule has 1 fully saturated rings. The fraction of sp³-hybridized carbons (Fsp3) is 0.571. The summed E-state index contributed by atoms with van der Waals surface area (Å²) in [4.78, 5) is 6.29. The standard InChI is InChI=1S/C14H17ClFN3/c15-13-8-12(9-18-10-13)14(11-17)2-6-19(7-3-14)5-1-4-16/h8-10H,1-7H2. The predicted octanol–water partition coefficient (Wildman–Crippen LogP) is 2.95. The van der Waals surface area contributed by atoms with Gasteiger partial charge in [-0.2, -0.15) is 5.26 Å². The smallest absolute Gasteiger partial charge is 0.0906 e. The highest BCUT2D eigenvalue weighted by atomic mass is 35.5. The van der Waals surface area contributed by atoms with Crippen LogP contribution in [0.5, 0.6) is 0 Å². The topological polar surface area (TPSA) is 39.9 Å². The van der Waals surface area contributed by atoms with Crippen molar-refractivity contribution in [1.82, 2.24) is 9.88 Å². The SMILES string of the molecule is N#CC1(c2cncc(Cl)c2)CCN(CCCF)CC1. The Labute approximate surface area is 118 Å². The number of hydrogen-bond acceptors (Lipinski definition) is 3. The van der Waals surface area contributed by atoms with E-state index in [9.17, 15) is 9.65 Å². The summed E-state index contributed by atoms with van der Waals surface area (Å²) in [5.41, 5.74) is 0.400. The molecule has 1 aromatic rings. The van der Waals surface area contributed by atoms with Gasteiger partial charge in [-0.25, -0.2) is 0 Å². The Balaban J connectivity index is 2.08. The third kappa shape index (κ3) is 3.23. The number of halogens is 2. The molecule has 1 aromatic heterocycles. The molecule has 0 N–H and O–H groups in total. The first kappa shape index (κ1) is 14.2. The number of aromatic nitrogens is 1. The van der Waals surface area contributed by atoms with Crippen LogP contribution < -0.4 is 0 Å². The minimum Gasteiger partial charge on any atom is -0.303 e. The minimum atomic E-state index is -0.496. The Morgan fingerprint density at radius 1 is 1.42 bits per heavy atom. The van der Waals surface area contributed by atoms with Gasteiger partial charge in [0.1, 0.15) is 0 Å². The molecule has 0 amide bonds. The Bertz CT molecular complexity index is 464. The first-order valence-electron chi connectivity index (χ1n) is 6.51. The second kappa shape index (κ2) is 6.31. The Kier molecular flexibility index (Phi) is 4.73. The van der Waals surface area contributed by atoms with Gasteiger partial charge in [0.2, 0.25) is 0 Å². The first-order chi connectivity index (χ1) is 9.20. The summed E-state index contributed by atoms with van der Waals surface area (Å²) in [6.07, 6.45) is 5.37. The van der Waals surface area contributed by atoms with Crippen LogP contribution in [0.4, 0.5) is 4.39 Å². The van der Waals surface area contributed by atoms with E-state index in [2.05, 4.69) is 16.0 Å². The van der Waals surface area contributed by atoms with Gasteiger partial charge in [0, 0.05) is 18.9 Å². The summed E-state index contributed by atoms with van der Waals surface area (Å²) in [5, 5.41) is 10.1. The molecular weight excluding hydrogens is 265 g/mol. The Hall–Kier alpha value is -1.18. The lowest BCUT2D eigenvalue weighted by molar-refractivity contribution is 0.180. The van der Waals surface area contributed by atoms with E-state index in [0.717, 1.165) is 38.0 Å². The van der Waals surface area contributed by atoms with Crippen molar-refractivity contribution in [1.29, 1.82) is 5.26 Å². The molecule has 5 heteroatoms. The third-order valence-corrected chi connectivity index (χ3v) is 4.00. The van der Waals surface area contributed by atoms with Crippen LogP contribution in [0.25, 0.3) is 0 Å². The molecule has 0 saturated carbocycles. The van der Waals surface area contributed by atoms with Crippen LogP contribution in [0, 0.1) is 11.3 Å². The molecule has 0 radical (unpaired) electrons. The fourth-order valence-corrected chi connectivity index (χ4v) is 2.75. The molecule has 2 heterocycles. The molecule has 1 aliphatic rings. The van der Waals surface area contributed by atoms with Crippen molar-refractivity contribution in [3.05, 3.63) is 29.0 Å². The van der Waals surface area contributed by atoms with Gasteiger partial charge in [0.05, 0.1) is 23.2 Å². The molecular formula is C14H17ClFN3. The van der Waals surface area contributed by atoms with Gasteiger partial charge in [-0.05, 0) is 44.0 Å². The quantitative estimate of drug-likeness (QED) is 0.852. The summed E-state index contributed by atoms with van der Waals surface area (Å²) in [6, 6.07) is 4.27. The Morgan fingerprint density at radius 2 is 2.16 bits per heavy atom. The highest BCUT2D eigenvalue weighted by Gasteiger charge is 2.36. The second-order valence-electron chi connectivity index (χ2n) is 4.97. The van der Waals surface area contributed by atoms with E-state index < -0.39 is 5.41 Å². The van der Waals surface area contributed by atoms with Gasteiger partial charge in [0.25, 0.3) is 0 Å². The molecule has 1 aliphatic heterocycles. The Morgan fingerprint density at radius 3 is 2.74 bits per heavy atom. The zero-order valence-corrected chi connectivity index (χ0v) is 11.5. The van der Waals surface area contributed by atoms with Gasteiger partial charge < -0.3 is 4.90 Å². The van der Waals surface area contributed by atoms with E-state index in [1.165, 1.54) is 0 Å². The van der Waals surface area contributed by atoms with Crippen LogP contribution in [0.15, 0.2) is 18.5 Å². The molecule has 3 nitrogen and oxygen atoms in total. The van der Waals surface area contributed by atoms with E-state index in [1.54, 1.807) is 12.4 Å². The van der Waals surface area contributed by atoms with Crippen LogP contribution in [-0.2, 0) is 5.41 Å². The lowest BCUT2D eigenvalue weighted by Gasteiger charge is -2.37. The maximum absolute atomic E-state index is 12.2. The van der Waals surface area contributed by atoms with Crippen molar-refractivity contribution in [3.8, 4) is 6.07 Å². The number of pyridine rings is 1. The molecule has 0 unspecified atom stereocenters. The van der Waals surface area contributed by atoms with E-state index in [4.69, 9.17) is 11.6 Å². The number of likely N-dealkylation sites (tertiary alicyclic amines) is 1. The first-order valence-corrected chi connectivity index (χ1v) is 6.88. The molecule has 0 bridgehead atoms. The number of piperidine rings is 1. The summed E-state index contributed by atoms with van der Waals surface area (Å²) < 4.78 is 12.2. The monoisotopic (exact) mass is 281 g/mol. The van der Waals surface area contributed by atoms with Gasteiger partial charge >= 0.3 is 0 Å².